The summed E-state index contributed by atoms with van der Waals surface area (Å²) in [6, 6.07) is 21.7. The molecule has 1 fully saturated rings. The van der Waals surface area contributed by atoms with E-state index in [4.69, 9.17) is 9.84 Å². The van der Waals surface area contributed by atoms with Crippen LogP contribution >= 0.6 is 15.9 Å². The van der Waals surface area contributed by atoms with Crippen molar-refractivity contribution in [2.45, 2.75) is 18.8 Å². The highest BCUT2D eigenvalue weighted by Crippen LogP contribution is 2.55. The van der Waals surface area contributed by atoms with E-state index in [9.17, 15) is 19.2 Å². The molecule has 0 saturated carbocycles. The fourth-order valence-electron chi connectivity index (χ4n) is 7.36. The van der Waals surface area contributed by atoms with Gasteiger partial charge in [-0.1, -0.05) is 23.8 Å². The maximum absolute atomic E-state index is 14.2. The molecule has 3 aromatic rings. The normalized spacial score (nSPS) is 23.3. The molecule has 248 valence electrons. The number of carbonyl (C=O) groups excluding carboxylic acids is 4. The lowest BCUT2D eigenvalue weighted by atomic mass is 9.59. The second kappa shape index (κ2) is 13.1. The van der Waals surface area contributed by atoms with E-state index in [1.165, 1.54) is 11.0 Å². The lowest BCUT2D eigenvalue weighted by Crippen LogP contribution is -2.39. The monoisotopic (exact) mass is 720 g/mol. The van der Waals surface area contributed by atoms with Crippen LogP contribution in [0.1, 0.15) is 24.3 Å². The zero-order valence-electron chi connectivity index (χ0n) is 26.9. The minimum absolute atomic E-state index is 0.124. The molecule has 1 N–H and O–H groups in total. The van der Waals surface area contributed by atoms with Gasteiger partial charge < -0.3 is 14.7 Å². The minimum Gasteiger partial charge on any atom is -0.491 e. The molecule has 11 heteroatoms. The number of Topliss-reactive ketones (excluding diaryl/α,β-unsaturated/α-hetero) is 1. The number of rotatable bonds is 8. The Hall–Kier alpha value is -5.00. The molecule has 4 atom stereocenters. The molecule has 1 aliphatic heterocycles. The molecule has 0 bridgehead atoms. The summed E-state index contributed by atoms with van der Waals surface area (Å²) in [6.07, 6.45) is 3.83. The van der Waals surface area contributed by atoms with Crippen LogP contribution in [0.4, 0.5) is 22.7 Å². The van der Waals surface area contributed by atoms with Crippen LogP contribution in [0.25, 0.3) is 0 Å². The average molecular weight is 722 g/mol. The van der Waals surface area contributed by atoms with Crippen molar-refractivity contribution in [1.29, 1.82) is 0 Å². The van der Waals surface area contributed by atoms with Gasteiger partial charge in [0, 0.05) is 42.9 Å². The topological polar surface area (TPSA) is 129 Å². The Labute approximate surface area is 291 Å². The van der Waals surface area contributed by atoms with E-state index >= 15 is 0 Å². The number of hydrogen-bond donors (Lipinski definition) is 1. The van der Waals surface area contributed by atoms with Crippen LogP contribution < -0.4 is 14.5 Å². The number of aliphatic hydroxyl groups is 1. The zero-order valence-corrected chi connectivity index (χ0v) is 28.5. The Morgan fingerprint density at radius 3 is 2.16 bits per heavy atom. The van der Waals surface area contributed by atoms with Crippen molar-refractivity contribution in [2.24, 2.45) is 28.0 Å². The van der Waals surface area contributed by atoms with Crippen molar-refractivity contribution in [3.63, 3.8) is 0 Å². The lowest BCUT2D eigenvalue weighted by Gasteiger charge is -2.42. The number of ether oxygens (including phenoxy) is 1. The fourth-order valence-corrected chi connectivity index (χ4v) is 7.81. The SMILES string of the molecule is CN(C)c1ccc(N=Nc2ccc(N3C(=O)C4CC=C5C(c6ccc(OCCO)cc6)C6=C(CC5C4C3=O)C(=O)C(Br)=CC6=O)cc2)cc1. The first-order valence-corrected chi connectivity index (χ1v) is 16.9. The van der Waals surface area contributed by atoms with E-state index in [1.54, 1.807) is 36.4 Å². The van der Waals surface area contributed by atoms with Crippen LogP contribution in [0.3, 0.4) is 0 Å². The Morgan fingerprint density at radius 1 is 0.878 bits per heavy atom. The number of carbonyl (C=O) groups is 4. The van der Waals surface area contributed by atoms with Crippen LogP contribution in [0.5, 0.6) is 5.75 Å². The molecule has 0 aromatic heterocycles. The van der Waals surface area contributed by atoms with Crippen molar-refractivity contribution in [2.75, 3.05) is 37.1 Å². The molecular weight excluding hydrogens is 688 g/mol. The highest BCUT2D eigenvalue weighted by atomic mass is 79.9. The predicted molar refractivity (Wildman–Crippen MR) is 187 cm³/mol. The number of halogens is 1. The summed E-state index contributed by atoms with van der Waals surface area (Å²) in [6.45, 7) is 0.0202. The standard InChI is InChI=1S/C38H33BrN4O6/c1-42(2)24-9-5-22(6-10-24)40-41-23-7-11-25(12-8-23)43-37(47)28-16-15-27-29(34(28)38(43)48)19-30-35(32(45)20-31(39)36(30)46)33(27)21-3-13-26(14-4-21)49-18-17-44/h3-15,20,28-29,33-34,44H,16-19H2,1-2H3. The van der Waals surface area contributed by atoms with E-state index in [-0.39, 0.29) is 47.5 Å². The number of amides is 2. The molecule has 4 unspecified atom stereocenters. The highest BCUT2D eigenvalue weighted by molar-refractivity contribution is 9.12. The zero-order chi connectivity index (χ0) is 34.4. The van der Waals surface area contributed by atoms with Gasteiger partial charge in [0.2, 0.25) is 11.8 Å². The molecule has 1 saturated heterocycles. The molecule has 1 heterocycles. The Morgan fingerprint density at radius 2 is 1.53 bits per heavy atom. The van der Waals surface area contributed by atoms with Crippen molar-refractivity contribution >= 4 is 62.1 Å². The van der Waals surface area contributed by atoms with E-state index < -0.39 is 23.7 Å². The van der Waals surface area contributed by atoms with Gasteiger partial charge in [-0.05, 0) is 101 Å². The predicted octanol–water partition coefficient (Wildman–Crippen LogP) is 6.51. The molecule has 7 rings (SSSR count). The summed E-state index contributed by atoms with van der Waals surface area (Å²) in [5, 5.41) is 17.8. The number of azo groups is 1. The third-order valence-electron chi connectivity index (χ3n) is 9.66. The smallest absolute Gasteiger partial charge is 0.238 e. The van der Waals surface area contributed by atoms with Crippen LogP contribution in [0.15, 0.2) is 116 Å². The third kappa shape index (κ3) is 5.87. The Kier molecular flexibility index (Phi) is 8.72. The molecule has 4 aliphatic rings. The van der Waals surface area contributed by atoms with Gasteiger partial charge in [-0.3, -0.25) is 24.1 Å². The van der Waals surface area contributed by atoms with Crippen LogP contribution in [-0.2, 0) is 19.2 Å². The second-order valence-corrected chi connectivity index (χ2v) is 13.5. The number of fused-ring (bicyclic) bond motifs is 3. The number of benzene rings is 3. The maximum atomic E-state index is 14.2. The molecule has 3 aliphatic carbocycles. The van der Waals surface area contributed by atoms with Gasteiger partial charge in [-0.25, -0.2) is 0 Å². The summed E-state index contributed by atoms with van der Waals surface area (Å²) in [7, 11) is 3.93. The lowest BCUT2D eigenvalue weighted by molar-refractivity contribution is -0.123. The molecule has 49 heavy (non-hydrogen) atoms. The van der Waals surface area contributed by atoms with Gasteiger partial charge in [0.15, 0.2) is 11.6 Å². The van der Waals surface area contributed by atoms with Crippen LogP contribution in [0.2, 0.25) is 0 Å². The summed E-state index contributed by atoms with van der Waals surface area (Å²) in [5.41, 5.74) is 5.19. The first-order valence-electron chi connectivity index (χ1n) is 16.1. The van der Waals surface area contributed by atoms with Crippen LogP contribution in [0, 0.1) is 17.8 Å². The van der Waals surface area contributed by atoms with Crippen molar-refractivity contribution in [3.8, 4) is 5.75 Å². The van der Waals surface area contributed by atoms with Crippen molar-refractivity contribution < 1.29 is 29.0 Å². The first-order chi connectivity index (χ1) is 23.7. The number of allylic oxidation sites excluding steroid dienone is 6. The van der Waals surface area contributed by atoms with E-state index in [0.29, 0.717) is 40.4 Å². The number of hydrogen-bond acceptors (Lipinski definition) is 9. The first kappa shape index (κ1) is 32.5. The van der Waals surface area contributed by atoms with E-state index in [2.05, 4.69) is 26.2 Å². The number of imide groups is 1. The average Bonchev–Trinajstić information content (AvgIpc) is 3.37. The summed E-state index contributed by atoms with van der Waals surface area (Å²) in [5.74, 6) is -2.86. The maximum Gasteiger partial charge on any atom is 0.238 e. The number of aliphatic hydroxyl groups excluding tert-OH is 1. The third-order valence-corrected chi connectivity index (χ3v) is 10.2. The summed E-state index contributed by atoms with van der Waals surface area (Å²) in [4.78, 5) is 58.3. The van der Waals surface area contributed by atoms with Gasteiger partial charge in [0.25, 0.3) is 0 Å². The Balaban J connectivity index is 1.17. The number of ketones is 2. The Bertz CT molecular complexity index is 1980. The second-order valence-electron chi connectivity index (χ2n) is 12.7. The van der Waals surface area contributed by atoms with Gasteiger partial charge >= 0.3 is 0 Å². The quantitative estimate of drug-likeness (QED) is 0.122. The van der Waals surface area contributed by atoms with E-state index in [1.807, 2.05) is 61.5 Å². The summed E-state index contributed by atoms with van der Waals surface area (Å²) >= 11 is 3.27. The number of nitrogens with zero attached hydrogens (tertiary/aromatic N) is 4. The van der Waals surface area contributed by atoms with Crippen molar-refractivity contribution in [3.05, 3.63) is 112 Å². The molecule has 3 aromatic carbocycles. The van der Waals surface area contributed by atoms with Crippen molar-refractivity contribution in [1.82, 2.24) is 0 Å². The van der Waals surface area contributed by atoms with Crippen LogP contribution in [-0.4, -0.2) is 55.8 Å². The van der Waals surface area contributed by atoms with Gasteiger partial charge in [0.05, 0.1) is 40.0 Å². The van der Waals surface area contributed by atoms with Gasteiger partial charge in [-0.2, -0.15) is 10.2 Å². The highest BCUT2D eigenvalue weighted by Gasteiger charge is 2.56. The fraction of sp³-hybridized carbons (Fsp3) is 0.263. The molecular formula is C38H33BrN4O6. The largest absolute Gasteiger partial charge is 0.491 e. The van der Waals surface area contributed by atoms with Gasteiger partial charge in [0.1, 0.15) is 12.4 Å². The van der Waals surface area contributed by atoms with Gasteiger partial charge in [-0.15, -0.1) is 0 Å². The molecule has 0 radical (unpaired) electrons. The molecule has 2 amide bonds. The molecule has 10 nitrogen and oxygen atoms in total. The molecule has 0 spiro atoms. The number of anilines is 2. The summed E-state index contributed by atoms with van der Waals surface area (Å²) < 4.78 is 5.72. The van der Waals surface area contributed by atoms with E-state index in [0.717, 1.165) is 16.8 Å². The minimum atomic E-state index is -0.687.